The first-order chi connectivity index (χ1) is 8.65. The molecule has 0 saturated carbocycles. The summed E-state index contributed by atoms with van der Waals surface area (Å²) in [5.41, 5.74) is 6.95. The fourth-order valence-electron chi connectivity index (χ4n) is 1.98. The Kier molecular flexibility index (Phi) is 3.62. The molecule has 2 rings (SSSR count). The molecule has 18 heavy (non-hydrogen) atoms. The molecule has 0 unspecified atom stereocenters. The van der Waals surface area contributed by atoms with E-state index < -0.39 is 0 Å². The van der Waals surface area contributed by atoms with Gasteiger partial charge in [-0.25, -0.2) is 0 Å². The summed E-state index contributed by atoms with van der Waals surface area (Å²) < 4.78 is 5.19. The lowest BCUT2D eigenvalue weighted by atomic mass is 10.1. The number of anilines is 1. The molecule has 0 aliphatic carbocycles. The molecule has 0 radical (unpaired) electrons. The number of nitrogens with zero attached hydrogens (tertiary/aromatic N) is 1. The second-order valence-electron chi connectivity index (χ2n) is 4.12. The van der Waals surface area contributed by atoms with Crippen LogP contribution in [0.1, 0.15) is 34.1 Å². The minimum absolute atomic E-state index is 0.244. The average Bonchev–Trinajstić information content (AvgIpc) is 2.59. The van der Waals surface area contributed by atoms with E-state index in [4.69, 9.17) is 10.5 Å². The minimum Gasteiger partial charge on any atom is -0.399 e. The number of carbonyl (C=O) groups is 2. The first-order valence-corrected chi connectivity index (χ1v) is 5.98. The predicted octanol–water partition coefficient (Wildman–Crippen LogP) is 1.29. The first kappa shape index (κ1) is 12.6. The van der Waals surface area contributed by atoms with E-state index in [1.54, 1.807) is 18.2 Å². The van der Waals surface area contributed by atoms with Crippen LogP contribution in [0.15, 0.2) is 18.2 Å². The summed E-state index contributed by atoms with van der Waals surface area (Å²) in [6.45, 7) is 3.47. The lowest BCUT2D eigenvalue weighted by molar-refractivity contribution is 0.0630. The number of nitrogen functional groups attached to an aromatic ring is 1. The van der Waals surface area contributed by atoms with Gasteiger partial charge in [0.25, 0.3) is 11.8 Å². The van der Waals surface area contributed by atoms with Gasteiger partial charge in [-0.2, -0.15) is 0 Å². The maximum Gasteiger partial charge on any atom is 0.261 e. The van der Waals surface area contributed by atoms with E-state index in [2.05, 4.69) is 0 Å². The van der Waals surface area contributed by atoms with Gasteiger partial charge in [0.05, 0.1) is 11.1 Å². The van der Waals surface area contributed by atoms with E-state index in [9.17, 15) is 9.59 Å². The van der Waals surface area contributed by atoms with Gasteiger partial charge in [0.2, 0.25) is 0 Å². The SMILES string of the molecule is CCOCCCN1C(=O)c2ccc(N)cc2C1=O. The van der Waals surface area contributed by atoms with Crippen LogP contribution in [-0.4, -0.2) is 36.5 Å². The average molecular weight is 248 g/mol. The van der Waals surface area contributed by atoms with Crippen LogP contribution in [0.2, 0.25) is 0 Å². The first-order valence-electron chi connectivity index (χ1n) is 5.98. The van der Waals surface area contributed by atoms with Crippen LogP contribution in [0.5, 0.6) is 0 Å². The number of nitrogens with two attached hydrogens (primary N) is 1. The largest absolute Gasteiger partial charge is 0.399 e. The fourth-order valence-corrected chi connectivity index (χ4v) is 1.98. The van der Waals surface area contributed by atoms with E-state index in [1.807, 2.05) is 6.92 Å². The Balaban J connectivity index is 2.08. The topological polar surface area (TPSA) is 72.6 Å². The molecule has 0 aromatic heterocycles. The Morgan fingerprint density at radius 2 is 1.94 bits per heavy atom. The summed E-state index contributed by atoms with van der Waals surface area (Å²) in [5, 5.41) is 0. The van der Waals surface area contributed by atoms with Crippen LogP contribution < -0.4 is 5.73 Å². The number of benzene rings is 1. The van der Waals surface area contributed by atoms with Gasteiger partial charge in [-0.15, -0.1) is 0 Å². The Bertz CT molecular complexity index is 485. The van der Waals surface area contributed by atoms with Crippen LogP contribution in [0, 0.1) is 0 Å². The maximum atomic E-state index is 12.0. The van der Waals surface area contributed by atoms with Crippen LogP contribution in [0.25, 0.3) is 0 Å². The molecule has 1 aliphatic rings. The van der Waals surface area contributed by atoms with Crippen molar-refractivity contribution in [2.24, 2.45) is 0 Å². The lowest BCUT2D eigenvalue weighted by Gasteiger charge is -2.13. The van der Waals surface area contributed by atoms with E-state index in [0.29, 0.717) is 43.0 Å². The molecule has 0 atom stereocenters. The Morgan fingerprint density at radius 3 is 2.67 bits per heavy atom. The normalized spacial score (nSPS) is 14.2. The van der Waals surface area contributed by atoms with Crippen LogP contribution >= 0.6 is 0 Å². The van der Waals surface area contributed by atoms with Crippen molar-refractivity contribution in [3.05, 3.63) is 29.3 Å². The second-order valence-corrected chi connectivity index (χ2v) is 4.12. The van der Waals surface area contributed by atoms with Crippen molar-refractivity contribution in [2.45, 2.75) is 13.3 Å². The third-order valence-electron chi connectivity index (χ3n) is 2.87. The number of fused-ring (bicyclic) bond motifs is 1. The van der Waals surface area contributed by atoms with Crippen LogP contribution in [0.4, 0.5) is 5.69 Å². The highest BCUT2D eigenvalue weighted by Crippen LogP contribution is 2.24. The van der Waals surface area contributed by atoms with Crippen molar-refractivity contribution in [3.63, 3.8) is 0 Å². The molecular formula is C13H16N2O3. The molecule has 0 fully saturated rings. The summed E-state index contributed by atoms with van der Waals surface area (Å²) in [6, 6.07) is 4.79. The van der Waals surface area contributed by atoms with Gasteiger partial charge >= 0.3 is 0 Å². The molecule has 1 aliphatic heterocycles. The zero-order chi connectivity index (χ0) is 13.1. The van der Waals surface area contributed by atoms with Gasteiger partial charge in [0, 0.05) is 25.4 Å². The standard InChI is InChI=1S/C13H16N2O3/c1-2-18-7-3-6-15-12(16)10-5-4-9(14)8-11(10)13(15)17/h4-5,8H,2-3,6-7,14H2,1H3. The molecule has 1 heterocycles. The molecule has 5 nitrogen and oxygen atoms in total. The van der Waals surface area contributed by atoms with E-state index in [1.165, 1.54) is 4.90 Å². The van der Waals surface area contributed by atoms with Gasteiger partial charge in [0.1, 0.15) is 0 Å². The van der Waals surface area contributed by atoms with Crippen LogP contribution in [0.3, 0.4) is 0 Å². The molecule has 1 aromatic rings. The smallest absolute Gasteiger partial charge is 0.261 e. The lowest BCUT2D eigenvalue weighted by Crippen LogP contribution is -2.31. The summed E-state index contributed by atoms with van der Waals surface area (Å²) in [4.78, 5) is 25.3. The third kappa shape index (κ3) is 2.22. The quantitative estimate of drug-likeness (QED) is 0.484. The highest BCUT2D eigenvalue weighted by molar-refractivity contribution is 6.21. The molecule has 2 amide bonds. The highest BCUT2D eigenvalue weighted by atomic mass is 16.5. The Labute approximate surface area is 106 Å². The van der Waals surface area contributed by atoms with Crippen molar-refractivity contribution in [1.29, 1.82) is 0 Å². The van der Waals surface area contributed by atoms with Gasteiger partial charge in [-0.3, -0.25) is 14.5 Å². The van der Waals surface area contributed by atoms with Gasteiger partial charge in [0.15, 0.2) is 0 Å². The Hall–Kier alpha value is -1.88. The molecule has 2 N–H and O–H groups in total. The molecule has 1 aromatic carbocycles. The molecule has 0 saturated heterocycles. The number of hydrogen-bond acceptors (Lipinski definition) is 4. The molecule has 0 bridgehead atoms. The zero-order valence-corrected chi connectivity index (χ0v) is 10.3. The number of amides is 2. The van der Waals surface area contributed by atoms with Crippen molar-refractivity contribution < 1.29 is 14.3 Å². The minimum atomic E-state index is -0.265. The van der Waals surface area contributed by atoms with E-state index in [0.717, 1.165) is 0 Å². The predicted molar refractivity (Wildman–Crippen MR) is 67.3 cm³/mol. The van der Waals surface area contributed by atoms with Crippen LogP contribution in [-0.2, 0) is 4.74 Å². The van der Waals surface area contributed by atoms with E-state index in [-0.39, 0.29) is 11.8 Å². The molecular weight excluding hydrogens is 232 g/mol. The summed E-state index contributed by atoms with van der Waals surface area (Å²) in [6.07, 6.45) is 0.648. The molecule has 0 spiro atoms. The molecule has 96 valence electrons. The third-order valence-corrected chi connectivity index (χ3v) is 2.87. The fraction of sp³-hybridized carbons (Fsp3) is 0.385. The van der Waals surface area contributed by atoms with E-state index >= 15 is 0 Å². The zero-order valence-electron chi connectivity index (χ0n) is 10.3. The van der Waals surface area contributed by atoms with Crippen molar-refractivity contribution in [1.82, 2.24) is 4.90 Å². The van der Waals surface area contributed by atoms with Gasteiger partial charge in [-0.05, 0) is 31.5 Å². The van der Waals surface area contributed by atoms with Gasteiger partial charge < -0.3 is 10.5 Å². The second kappa shape index (κ2) is 5.18. The summed E-state index contributed by atoms with van der Waals surface area (Å²) in [5.74, 6) is -0.509. The van der Waals surface area contributed by atoms with Crippen molar-refractivity contribution in [2.75, 3.05) is 25.5 Å². The number of ether oxygens (including phenoxy) is 1. The number of carbonyl (C=O) groups excluding carboxylic acids is 2. The summed E-state index contributed by atoms with van der Waals surface area (Å²) >= 11 is 0. The monoisotopic (exact) mass is 248 g/mol. The highest BCUT2D eigenvalue weighted by Gasteiger charge is 2.34. The number of imide groups is 1. The van der Waals surface area contributed by atoms with Gasteiger partial charge in [-0.1, -0.05) is 0 Å². The number of hydrogen-bond donors (Lipinski definition) is 1. The van der Waals surface area contributed by atoms with Crippen molar-refractivity contribution >= 4 is 17.5 Å². The van der Waals surface area contributed by atoms with Crippen molar-refractivity contribution in [3.8, 4) is 0 Å². The Morgan fingerprint density at radius 1 is 1.22 bits per heavy atom. The maximum absolute atomic E-state index is 12.0. The number of rotatable bonds is 5. The molecule has 5 heteroatoms. The summed E-state index contributed by atoms with van der Waals surface area (Å²) in [7, 11) is 0.